The van der Waals surface area contributed by atoms with Crippen LogP contribution in [0.2, 0.25) is 0 Å². The topological polar surface area (TPSA) is 56.2 Å². The number of halogens is 1. The number of hydrogen-bond donors (Lipinski definition) is 1. The maximum Gasteiger partial charge on any atom is 0.249 e. The highest BCUT2D eigenvalue weighted by Gasteiger charge is 2.28. The Morgan fingerprint density at radius 2 is 2.41 bits per heavy atom. The van der Waals surface area contributed by atoms with Crippen molar-refractivity contribution >= 4 is 5.91 Å². The van der Waals surface area contributed by atoms with Crippen LogP contribution in [0.25, 0.3) is 0 Å². The van der Waals surface area contributed by atoms with E-state index in [0.717, 1.165) is 6.42 Å². The first-order valence-corrected chi connectivity index (χ1v) is 7.30. The zero-order chi connectivity index (χ0) is 15.5. The molecular weight excluding hydrogens is 285 g/mol. The summed E-state index contributed by atoms with van der Waals surface area (Å²) in [6, 6.07) is 5.68. The van der Waals surface area contributed by atoms with E-state index in [2.05, 4.69) is 10.3 Å². The molecule has 2 atom stereocenters. The van der Waals surface area contributed by atoms with E-state index < -0.39 is 12.1 Å². The molecule has 0 aliphatic carbocycles. The lowest BCUT2D eigenvalue weighted by atomic mass is 10.1. The molecule has 1 fully saturated rings. The summed E-state index contributed by atoms with van der Waals surface area (Å²) in [7, 11) is 1.84. The largest absolute Gasteiger partial charge is 0.368 e. The molecule has 0 saturated carbocycles. The van der Waals surface area contributed by atoms with Gasteiger partial charge in [-0.05, 0) is 30.5 Å². The van der Waals surface area contributed by atoms with E-state index in [-0.39, 0.29) is 11.7 Å². The summed E-state index contributed by atoms with van der Waals surface area (Å²) >= 11 is 0. The summed E-state index contributed by atoms with van der Waals surface area (Å²) < 4.78 is 20.8. The fourth-order valence-electron chi connectivity index (χ4n) is 2.66. The van der Waals surface area contributed by atoms with Crippen LogP contribution in [0.4, 0.5) is 4.39 Å². The van der Waals surface area contributed by atoms with Gasteiger partial charge in [0.1, 0.15) is 23.8 Å². The number of hydrogen-bond acceptors (Lipinski definition) is 3. The van der Waals surface area contributed by atoms with Crippen LogP contribution in [0.5, 0.6) is 0 Å². The van der Waals surface area contributed by atoms with Gasteiger partial charge in [0.05, 0.1) is 0 Å². The highest BCUT2D eigenvalue weighted by Crippen LogP contribution is 2.22. The third-order valence-electron chi connectivity index (χ3n) is 3.81. The number of rotatable bonds is 4. The molecule has 0 spiro atoms. The minimum Gasteiger partial charge on any atom is -0.368 e. The lowest BCUT2D eigenvalue weighted by Crippen LogP contribution is -2.38. The van der Waals surface area contributed by atoms with E-state index >= 15 is 0 Å². The second kappa shape index (κ2) is 6.27. The predicted molar refractivity (Wildman–Crippen MR) is 78.6 cm³/mol. The number of ether oxygens (including phenoxy) is 1. The SMILES string of the molecule is Cn1ccnc1[C@@H](NC(=O)[C@H]1CCCO1)c1cccc(F)c1. The van der Waals surface area contributed by atoms with Gasteiger partial charge < -0.3 is 14.6 Å². The third-order valence-corrected chi connectivity index (χ3v) is 3.81. The molecule has 1 aromatic carbocycles. The maximum atomic E-state index is 13.5. The van der Waals surface area contributed by atoms with Crippen LogP contribution in [-0.2, 0) is 16.6 Å². The number of carbonyl (C=O) groups is 1. The zero-order valence-electron chi connectivity index (χ0n) is 12.3. The Bertz CT molecular complexity index is 665. The normalized spacial score (nSPS) is 19.1. The number of aromatic nitrogens is 2. The van der Waals surface area contributed by atoms with Crippen LogP contribution in [0.1, 0.15) is 30.3 Å². The van der Waals surface area contributed by atoms with Crippen LogP contribution in [0.15, 0.2) is 36.7 Å². The molecule has 0 bridgehead atoms. The summed E-state index contributed by atoms with van der Waals surface area (Å²) in [4.78, 5) is 16.6. The number of benzene rings is 1. The van der Waals surface area contributed by atoms with Gasteiger partial charge in [0, 0.05) is 26.0 Å². The molecule has 3 rings (SSSR count). The predicted octanol–water partition coefficient (Wildman–Crippen LogP) is 1.94. The summed E-state index contributed by atoms with van der Waals surface area (Å²) in [6.07, 6.45) is 4.60. The average Bonchev–Trinajstić information content (AvgIpc) is 3.16. The molecule has 116 valence electrons. The molecule has 6 heteroatoms. The number of carbonyl (C=O) groups excluding carboxylic acids is 1. The fourth-order valence-corrected chi connectivity index (χ4v) is 2.66. The second-order valence-electron chi connectivity index (χ2n) is 5.39. The second-order valence-corrected chi connectivity index (χ2v) is 5.39. The van der Waals surface area contributed by atoms with Gasteiger partial charge in [0.15, 0.2) is 0 Å². The molecule has 2 aromatic rings. The van der Waals surface area contributed by atoms with Crippen molar-refractivity contribution in [2.24, 2.45) is 7.05 Å². The highest BCUT2D eigenvalue weighted by molar-refractivity contribution is 5.81. The van der Waals surface area contributed by atoms with Crippen LogP contribution in [-0.4, -0.2) is 28.2 Å². The van der Waals surface area contributed by atoms with E-state index in [4.69, 9.17) is 4.74 Å². The Morgan fingerprint density at radius 1 is 1.55 bits per heavy atom. The van der Waals surface area contributed by atoms with Crippen LogP contribution >= 0.6 is 0 Å². The number of nitrogens with one attached hydrogen (secondary N) is 1. The van der Waals surface area contributed by atoms with Crippen molar-refractivity contribution in [1.82, 2.24) is 14.9 Å². The average molecular weight is 303 g/mol. The molecule has 1 amide bonds. The molecule has 1 aromatic heterocycles. The Balaban J connectivity index is 1.89. The monoisotopic (exact) mass is 303 g/mol. The Labute approximate surface area is 128 Å². The van der Waals surface area contributed by atoms with E-state index in [9.17, 15) is 9.18 Å². The molecule has 1 aliphatic heterocycles. The quantitative estimate of drug-likeness (QED) is 0.939. The molecule has 1 saturated heterocycles. The van der Waals surface area contributed by atoms with Crippen molar-refractivity contribution in [3.8, 4) is 0 Å². The Kier molecular flexibility index (Phi) is 4.20. The van der Waals surface area contributed by atoms with Crippen molar-refractivity contribution in [2.45, 2.75) is 25.0 Å². The number of nitrogens with zero attached hydrogens (tertiary/aromatic N) is 2. The first kappa shape index (κ1) is 14.7. The molecule has 22 heavy (non-hydrogen) atoms. The van der Waals surface area contributed by atoms with Gasteiger partial charge in [-0.2, -0.15) is 0 Å². The van der Waals surface area contributed by atoms with Gasteiger partial charge >= 0.3 is 0 Å². The van der Waals surface area contributed by atoms with Crippen molar-refractivity contribution < 1.29 is 13.9 Å². The van der Waals surface area contributed by atoms with Gasteiger partial charge in [0.2, 0.25) is 5.91 Å². The minimum atomic E-state index is -0.507. The number of amides is 1. The summed E-state index contributed by atoms with van der Waals surface area (Å²) in [5.41, 5.74) is 0.653. The van der Waals surface area contributed by atoms with E-state index in [1.165, 1.54) is 12.1 Å². The molecule has 1 N–H and O–H groups in total. The van der Waals surface area contributed by atoms with E-state index in [0.29, 0.717) is 24.4 Å². The van der Waals surface area contributed by atoms with Gasteiger partial charge in [0.25, 0.3) is 0 Å². The van der Waals surface area contributed by atoms with Gasteiger partial charge in [-0.15, -0.1) is 0 Å². The molecule has 0 unspecified atom stereocenters. The summed E-state index contributed by atoms with van der Waals surface area (Å²) in [6.45, 7) is 0.602. The fraction of sp³-hybridized carbons (Fsp3) is 0.375. The molecule has 0 radical (unpaired) electrons. The van der Waals surface area contributed by atoms with Crippen molar-refractivity contribution in [2.75, 3.05) is 6.61 Å². The van der Waals surface area contributed by atoms with Gasteiger partial charge in [-0.25, -0.2) is 9.37 Å². The van der Waals surface area contributed by atoms with Crippen LogP contribution < -0.4 is 5.32 Å². The van der Waals surface area contributed by atoms with Gasteiger partial charge in [-0.3, -0.25) is 4.79 Å². The standard InChI is InChI=1S/C16H18FN3O2/c1-20-8-7-18-15(20)14(11-4-2-5-12(17)10-11)19-16(21)13-6-3-9-22-13/h2,4-5,7-8,10,13-14H,3,6,9H2,1H3,(H,19,21)/t13-,14+/m1/s1. The van der Waals surface area contributed by atoms with E-state index in [1.807, 2.05) is 11.6 Å². The molecule has 5 nitrogen and oxygen atoms in total. The number of aryl methyl sites for hydroxylation is 1. The first-order valence-electron chi connectivity index (χ1n) is 7.30. The first-order chi connectivity index (χ1) is 10.6. The highest BCUT2D eigenvalue weighted by atomic mass is 19.1. The van der Waals surface area contributed by atoms with Crippen molar-refractivity contribution in [3.05, 3.63) is 53.9 Å². The number of imidazole rings is 1. The minimum absolute atomic E-state index is 0.185. The lowest BCUT2D eigenvalue weighted by Gasteiger charge is -2.21. The van der Waals surface area contributed by atoms with E-state index in [1.54, 1.807) is 24.5 Å². The Morgan fingerprint density at radius 3 is 3.05 bits per heavy atom. The third kappa shape index (κ3) is 3.01. The Hall–Kier alpha value is -2.21. The van der Waals surface area contributed by atoms with Crippen molar-refractivity contribution in [3.63, 3.8) is 0 Å². The van der Waals surface area contributed by atoms with Crippen LogP contribution in [0, 0.1) is 5.82 Å². The van der Waals surface area contributed by atoms with Crippen molar-refractivity contribution in [1.29, 1.82) is 0 Å². The van der Waals surface area contributed by atoms with Crippen LogP contribution in [0.3, 0.4) is 0 Å². The summed E-state index contributed by atoms with van der Waals surface area (Å²) in [5, 5.41) is 2.93. The smallest absolute Gasteiger partial charge is 0.249 e. The lowest BCUT2D eigenvalue weighted by molar-refractivity contribution is -0.130. The molecule has 2 heterocycles. The zero-order valence-corrected chi connectivity index (χ0v) is 12.3. The summed E-state index contributed by atoms with van der Waals surface area (Å²) in [5.74, 6) is 0.120. The van der Waals surface area contributed by atoms with Gasteiger partial charge in [-0.1, -0.05) is 12.1 Å². The molecule has 1 aliphatic rings. The maximum absolute atomic E-state index is 13.5. The molecular formula is C16H18FN3O2.